The number of ether oxygens (including phenoxy) is 3. The summed E-state index contributed by atoms with van der Waals surface area (Å²) in [7, 11) is 1.04. The molecule has 0 radical (unpaired) electrons. The Bertz CT molecular complexity index is 933. The highest BCUT2D eigenvalue weighted by molar-refractivity contribution is 7.92. The first-order chi connectivity index (χ1) is 12.9. The SMILES string of the molecule is COc1ccc(S(=O)(=O)C2CN(C(=O)c3ccc(OC)c(OC)c3)C2)cc1. The van der Waals surface area contributed by atoms with Crippen molar-refractivity contribution in [3.8, 4) is 17.2 Å². The predicted molar refractivity (Wildman–Crippen MR) is 99.4 cm³/mol. The number of benzene rings is 2. The second-order valence-corrected chi connectivity index (χ2v) is 8.35. The second-order valence-electron chi connectivity index (χ2n) is 6.12. The fraction of sp³-hybridized carbons (Fsp3) is 0.316. The maximum Gasteiger partial charge on any atom is 0.254 e. The molecule has 0 aromatic heterocycles. The largest absolute Gasteiger partial charge is 0.497 e. The monoisotopic (exact) mass is 391 g/mol. The van der Waals surface area contributed by atoms with Crippen LogP contribution in [0.15, 0.2) is 47.4 Å². The van der Waals surface area contributed by atoms with Gasteiger partial charge in [-0.05, 0) is 42.5 Å². The summed E-state index contributed by atoms with van der Waals surface area (Å²) in [5.41, 5.74) is 0.424. The minimum Gasteiger partial charge on any atom is -0.497 e. The Labute approximate surface area is 158 Å². The van der Waals surface area contributed by atoms with Crippen LogP contribution in [0.5, 0.6) is 17.2 Å². The lowest BCUT2D eigenvalue weighted by molar-refractivity contribution is 0.0658. The molecule has 2 aromatic carbocycles. The van der Waals surface area contributed by atoms with Crippen molar-refractivity contribution in [1.29, 1.82) is 0 Å². The number of rotatable bonds is 6. The van der Waals surface area contributed by atoms with Crippen LogP contribution >= 0.6 is 0 Å². The molecule has 0 aliphatic carbocycles. The smallest absolute Gasteiger partial charge is 0.254 e. The highest BCUT2D eigenvalue weighted by Crippen LogP contribution is 2.30. The third-order valence-corrected chi connectivity index (χ3v) is 6.70. The fourth-order valence-electron chi connectivity index (χ4n) is 2.91. The van der Waals surface area contributed by atoms with Crippen LogP contribution in [0.4, 0.5) is 0 Å². The molecule has 1 amide bonds. The number of methoxy groups -OCH3 is 3. The van der Waals surface area contributed by atoms with Gasteiger partial charge in [0, 0.05) is 18.7 Å². The molecule has 1 aliphatic rings. The molecular weight excluding hydrogens is 370 g/mol. The zero-order valence-electron chi connectivity index (χ0n) is 15.3. The number of carbonyl (C=O) groups is 1. The molecule has 144 valence electrons. The normalized spacial score (nSPS) is 14.4. The van der Waals surface area contributed by atoms with E-state index in [2.05, 4.69) is 0 Å². The van der Waals surface area contributed by atoms with E-state index in [1.807, 2.05) is 0 Å². The molecule has 0 spiro atoms. The molecule has 3 rings (SSSR count). The van der Waals surface area contributed by atoms with Crippen LogP contribution in [0.3, 0.4) is 0 Å². The summed E-state index contributed by atoms with van der Waals surface area (Å²) in [5.74, 6) is 1.33. The molecule has 27 heavy (non-hydrogen) atoms. The summed E-state index contributed by atoms with van der Waals surface area (Å²) < 4.78 is 40.8. The number of sulfone groups is 1. The lowest BCUT2D eigenvalue weighted by Crippen LogP contribution is -2.56. The Morgan fingerprint density at radius 1 is 0.926 bits per heavy atom. The Hall–Kier alpha value is -2.74. The molecule has 0 unspecified atom stereocenters. The van der Waals surface area contributed by atoms with Crippen molar-refractivity contribution in [1.82, 2.24) is 4.90 Å². The lowest BCUT2D eigenvalue weighted by atomic mass is 10.1. The molecule has 0 atom stereocenters. The van der Waals surface area contributed by atoms with Crippen molar-refractivity contribution in [2.75, 3.05) is 34.4 Å². The third kappa shape index (κ3) is 3.57. The van der Waals surface area contributed by atoms with E-state index in [0.29, 0.717) is 22.8 Å². The minimum absolute atomic E-state index is 0.154. The van der Waals surface area contributed by atoms with E-state index in [9.17, 15) is 13.2 Å². The van der Waals surface area contributed by atoms with Gasteiger partial charge in [-0.15, -0.1) is 0 Å². The fourth-order valence-corrected chi connectivity index (χ4v) is 4.56. The lowest BCUT2D eigenvalue weighted by Gasteiger charge is -2.38. The molecule has 7 nitrogen and oxygen atoms in total. The summed E-state index contributed by atoms with van der Waals surface area (Å²) in [6, 6.07) is 11.1. The average molecular weight is 391 g/mol. The molecule has 0 saturated carbocycles. The molecular formula is C19H21NO6S. The van der Waals surface area contributed by atoms with Gasteiger partial charge >= 0.3 is 0 Å². The van der Waals surface area contributed by atoms with Crippen molar-refractivity contribution < 1.29 is 27.4 Å². The van der Waals surface area contributed by atoms with E-state index < -0.39 is 15.1 Å². The summed E-state index contributed by atoms with van der Waals surface area (Å²) in [6.45, 7) is 0.309. The molecule has 1 heterocycles. The quantitative estimate of drug-likeness (QED) is 0.749. The van der Waals surface area contributed by atoms with Crippen LogP contribution in [0.25, 0.3) is 0 Å². The van der Waals surface area contributed by atoms with E-state index in [1.54, 1.807) is 30.3 Å². The Kier molecular flexibility index (Phi) is 5.27. The van der Waals surface area contributed by atoms with Gasteiger partial charge in [0.1, 0.15) is 11.0 Å². The topological polar surface area (TPSA) is 82.1 Å². The number of likely N-dealkylation sites (tertiary alicyclic amines) is 1. The number of amides is 1. The molecule has 1 saturated heterocycles. The average Bonchev–Trinajstić information content (AvgIpc) is 2.65. The first-order valence-corrected chi connectivity index (χ1v) is 9.84. The van der Waals surface area contributed by atoms with Gasteiger partial charge in [-0.1, -0.05) is 0 Å². The predicted octanol–water partition coefficient (Wildman–Crippen LogP) is 2.01. The van der Waals surface area contributed by atoms with E-state index >= 15 is 0 Å². The maximum absolute atomic E-state index is 12.7. The van der Waals surface area contributed by atoms with Gasteiger partial charge in [-0.25, -0.2) is 8.42 Å². The molecule has 1 aliphatic heterocycles. The molecule has 8 heteroatoms. The van der Waals surface area contributed by atoms with Crippen molar-refractivity contribution in [2.24, 2.45) is 0 Å². The maximum atomic E-state index is 12.7. The van der Waals surface area contributed by atoms with Gasteiger partial charge in [-0.3, -0.25) is 4.79 Å². The Balaban J connectivity index is 1.70. The highest BCUT2D eigenvalue weighted by atomic mass is 32.2. The number of nitrogens with zero attached hydrogens (tertiary/aromatic N) is 1. The van der Waals surface area contributed by atoms with Gasteiger partial charge in [0.2, 0.25) is 0 Å². The van der Waals surface area contributed by atoms with Crippen LogP contribution < -0.4 is 14.2 Å². The minimum atomic E-state index is -3.49. The molecule has 0 bridgehead atoms. The van der Waals surface area contributed by atoms with Gasteiger partial charge < -0.3 is 19.1 Å². The van der Waals surface area contributed by atoms with Crippen LogP contribution in [-0.4, -0.2) is 58.9 Å². The van der Waals surface area contributed by atoms with E-state index in [1.165, 1.54) is 38.4 Å². The van der Waals surface area contributed by atoms with Gasteiger partial charge in [-0.2, -0.15) is 0 Å². The van der Waals surface area contributed by atoms with E-state index in [4.69, 9.17) is 14.2 Å². The van der Waals surface area contributed by atoms with Crippen molar-refractivity contribution in [2.45, 2.75) is 10.1 Å². The number of hydrogen-bond acceptors (Lipinski definition) is 6. The van der Waals surface area contributed by atoms with Gasteiger partial charge in [0.15, 0.2) is 21.3 Å². The summed E-state index contributed by atoms with van der Waals surface area (Å²) >= 11 is 0. The number of hydrogen-bond donors (Lipinski definition) is 0. The van der Waals surface area contributed by atoms with Crippen LogP contribution in [0.2, 0.25) is 0 Å². The zero-order valence-corrected chi connectivity index (χ0v) is 16.2. The van der Waals surface area contributed by atoms with E-state index in [-0.39, 0.29) is 23.9 Å². The summed E-state index contributed by atoms with van der Waals surface area (Å²) in [6.07, 6.45) is 0. The van der Waals surface area contributed by atoms with Crippen molar-refractivity contribution in [3.05, 3.63) is 48.0 Å². The first-order valence-electron chi connectivity index (χ1n) is 8.30. The standard InChI is InChI=1S/C19H21NO6S/c1-24-14-5-7-15(8-6-14)27(22,23)16-11-20(12-16)19(21)13-4-9-17(25-2)18(10-13)26-3/h4-10,16H,11-12H2,1-3H3. The zero-order chi connectivity index (χ0) is 19.6. The second kappa shape index (κ2) is 7.48. The molecule has 0 N–H and O–H groups in total. The van der Waals surface area contributed by atoms with Crippen LogP contribution in [0.1, 0.15) is 10.4 Å². The molecule has 1 fully saturated rings. The van der Waals surface area contributed by atoms with E-state index in [0.717, 1.165) is 0 Å². The third-order valence-electron chi connectivity index (χ3n) is 4.59. The van der Waals surface area contributed by atoms with Crippen molar-refractivity contribution >= 4 is 15.7 Å². The highest BCUT2D eigenvalue weighted by Gasteiger charge is 2.40. The summed E-state index contributed by atoms with van der Waals surface area (Å²) in [5, 5.41) is -0.616. The summed E-state index contributed by atoms with van der Waals surface area (Å²) in [4.78, 5) is 14.3. The Morgan fingerprint density at radius 2 is 1.56 bits per heavy atom. The van der Waals surface area contributed by atoms with Gasteiger partial charge in [0.05, 0.1) is 26.2 Å². The van der Waals surface area contributed by atoms with Gasteiger partial charge in [0.25, 0.3) is 5.91 Å². The number of carbonyl (C=O) groups excluding carboxylic acids is 1. The van der Waals surface area contributed by atoms with Crippen LogP contribution in [-0.2, 0) is 9.84 Å². The Morgan fingerprint density at radius 3 is 2.11 bits per heavy atom. The first kappa shape index (κ1) is 19.0. The van der Waals surface area contributed by atoms with Crippen LogP contribution in [0, 0.1) is 0 Å². The molecule has 2 aromatic rings. The van der Waals surface area contributed by atoms with Crippen molar-refractivity contribution in [3.63, 3.8) is 0 Å².